The zero-order chi connectivity index (χ0) is 9.14. The van der Waals surface area contributed by atoms with Gasteiger partial charge in [-0.2, -0.15) is 0 Å². The Labute approximate surface area is 72.0 Å². The van der Waals surface area contributed by atoms with Gasteiger partial charge < -0.3 is 16.6 Å². The van der Waals surface area contributed by atoms with Gasteiger partial charge in [-0.3, -0.25) is 0 Å². The van der Waals surface area contributed by atoms with Gasteiger partial charge in [0, 0.05) is 23.9 Å². The van der Waals surface area contributed by atoms with E-state index in [0.29, 0.717) is 11.4 Å². The van der Waals surface area contributed by atoms with Crippen LogP contribution in [0.25, 0.3) is 0 Å². The van der Waals surface area contributed by atoms with Crippen molar-refractivity contribution in [3.05, 3.63) is 23.8 Å². The van der Waals surface area contributed by atoms with Crippen molar-refractivity contribution in [1.29, 1.82) is 0 Å². The molecule has 1 rings (SSSR count). The number of nitrogens with two attached hydrogens (primary N) is 2. The highest BCUT2D eigenvalue weighted by molar-refractivity contribution is 5.54. The molecular formula is C9H14N2O. The third-order valence-electron chi connectivity index (χ3n) is 1.84. The van der Waals surface area contributed by atoms with Gasteiger partial charge in [0.2, 0.25) is 0 Å². The summed E-state index contributed by atoms with van der Waals surface area (Å²) in [5.74, 6) is 0.0933. The molecule has 12 heavy (non-hydrogen) atoms. The van der Waals surface area contributed by atoms with Gasteiger partial charge in [-0.05, 0) is 23.8 Å². The van der Waals surface area contributed by atoms with Crippen molar-refractivity contribution in [2.24, 2.45) is 0 Å². The molecule has 0 aliphatic carbocycles. The number of benzene rings is 1. The first-order chi connectivity index (χ1) is 5.63. The molecule has 0 bridgehead atoms. The molecule has 1 aromatic carbocycles. The van der Waals surface area contributed by atoms with E-state index in [1.165, 1.54) is 0 Å². The molecule has 0 amide bonds. The fourth-order valence-corrected chi connectivity index (χ4v) is 1.09. The Morgan fingerprint density at radius 3 is 2.17 bits per heavy atom. The third-order valence-corrected chi connectivity index (χ3v) is 1.84. The molecule has 1 aromatic rings. The predicted octanol–water partition coefficient (Wildman–Crippen LogP) is 0.947. The second-order valence-electron chi connectivity index (χ2n) is 3.02. The second-order valence-corrected chi connectivity index (χ2v) is 3.02. The maximum Gasteiger partial charge on any atom is 0.0497 e. The molecule has 0 radical (unpaired) electrons. The van der Waals surface area contributed by atoms with E-state index >= 15 is 0 Å². The molecule has 5 N–H and O–H groups in total. The number of rotatable bonds is 2. The number of hydrogen-bond acceptors (Lipinski definition) is 3. The number of nitrogen functional groups attached to an aromatic ring is 2. The van der Waals surface area contributed by atoms with E-state index in [1.807, 2.05) is 19.1 Å². The maximum atomic E-state index is 8.89. The molecule has 0 fully saturated rings. The summed E-state index contributed by atoms with van der Waals surface area (Å²) in [7, 11) is 0. The first kappa shape index (κ1) is 8.87. The van der Waals surface area contributed by atoms with E-state index in [-0.39, 0.29) is 12.5 Å². The average molecular weight is 166 g/mol. The SMILES string of the molecule is CC(CO)c1cc(N)cc(N)c1. The summed E-state index contributed by atoms with van der Waals surface area (Å²) in [6, 6.07) is 5.36. The van der Waals surface area contributed by atoms with E-state index in [4.69, 9.17) is 16.6 Å². The van der Waals surface area contributed by atoms with E-state index in [2.05, 4.69) is 0 Å². The lowest BCUT2D eigenvalue weighted by Crippen LogP contribution is -2.01. The van der Waals surface area contributed by atoms with Crippen molar-refractivity contribution in [2.45, 2.75) is 12.8 Å². The first-order valence-corrected chi connectivity index (χ1v) is 3.90. The number of anilines is 2. The van der Waals surface area contributed by atoms with Gasteiger partial charge in [-0.1, -0.05) is 6.92 Å². The second kappa shape index (κ2) is 3.45. The largest absolute Gasteiger partial charge is 0.399 e. The van der Waals surface area contributed by atoms with Crippen LogP contribution in [0.4, 0.5) is 11.4 Å². The molecule has 0 heterocycles. The summed E-state index contributed by atoms with van der Waals surface area (Å²) in [5, 5.41) is 8.89. The number of aliphatic hydroxyl groups excluding tert-OH is 1. The van der Waals surface area contributed by atoms with Gasteiger partial charge in [-0.15, -0.1) is 0 Å². The lowest BCUT2D eigenvalue weighted by molar-refractivity contribution is 0.273. The molecule has 1 atom stereocenters. The Balaban J connectivity index is 3.00. The zero-order valence-corrected chi connectivity index (χ0v) is 7.12. The van der Waals surface area contributed by atoms with Gasteiger partial charge >= 0.3 is 0 Å². The molecule has 3 heteroatoms. The summed E-state index contributed by atoms with van der Waals surface area (Å²) in [4.78, 5) is 0. The minimum Gasteiger partial charge on any atom is -0.399 e. The Hall–Kier alpha value is -1.22. The van der Waals surface area contributed by atoms with Gasteiger partial charge in [0.05, 0.1) is 0 Å². The van der Waals surface area contributed by atoms with Crippen LogP contribution in [0.3, 0.4) is 0 Å². The van der Waals surface area contributed by atoms with Crippen LogP contribution in [0.5, 0.6) is 0 Å². The molecule has 0 aliphatic rings. The zero-order valence-electron chi connectivity index (χ0n) is 7.12. The Bertz CT molecular complexity index is 253. The summed E-state index contributed by atoms with van der Waals surface area (Å²) >= 11 is 0. The average Bonchev–Trinajstić information content (AvgIpc) is 2.01. The van der Waals surface area contributed by atoms with Crippen LogP contribution in [0.2, 0.25) is 0 Å². The quantitative estimate of drug-likeness (QED) is 0.573. The minimum atomic E-state index is 0.0933. The van der Waals surface area contributed by atoms with Gasteiger partial charge in [0.15, 0.2) is 0 Å². The molecule has 0 saturated heterocycles. The molecule has 0 saturated carbocycles. The molecule has 0 aliphatic heterocycles. The number of hydrogen-bond donors (Lipinski definition) is 3. The van der Waals surface area contributed by atoms with Crippen LogP contribution in [0.15, 0.2) is 18.2 Å². The molecule has 66 valence electrons. The fourth-order valence-electron chi connectivity index (χ4n) is 1.09. The standard InChI is InChI=1S/C9H14N2O/c1-6(5-12)7-2-8(10)4-9(11)3-7/h2-4,6,12H,5,10-11H2,1H3. The predicted molar refractivity (Wildman–Crippen MR) is 50.8 cm³/mol. The highest BCUT2D eigenvalue weighted by Gasteiger charge is 2.04. The maximum absolute atomic E-state index is 8.89. The summed E-state index contributed by atoms with van der Waals surface area (Å²) in [5.41, 5.74) is 13.4. The Morgan fingerprint density at radius 2 is 1.75 bits per heavy atom. The van der Waals surface area contributed by atoms with Gasteiger partial charge in [0.1, 0.15) is 0 Å². The number of aliphatic hydroxyl groups is 1. The van der Waals surface area contributed by atoms with Crippen LogP contribution in [-0.2, 0) is 0 Å². The van der Waals surface area contributed by atoms with Crippen molar-refractivity contribution in [2.75, 3.05) is 18.1 Å². The molecule has 1 unspecified atom stereocenters. The van der Waals surface area contributed by atoms with Crippen LogP contribution in [0, 0.1) is 0 Å². The van der Waals surface area contributed by atoms with E-state index < -0.39 is 0 Å². The van der Waals surface area contributed by atoms with Crippen LogP contribution in [0.1, 0.15) is 18.4 Å². The third kappa shape index (κ3) is 1.89. The van der Waals surface area contributed by atoms with E-state index in [9.17, 15) is 0 Å². The fraction of sp³-hybridized carbons (Fsp3) is 0.333. The topological polar surface area (TPSA) is 72.3 Å². The van der Waals surface area contributed by atoms with Gasteiger partial charge in [-0.25, -0.2) is 0 Å². The van der Waals surface area contributed by atoms with Crippen molar-refractivity contribution in [3.63, 3.8) is 0 Å². The summed E-state index contributed by atoms with van der Waals surface area (Å²) < 4.78 is 0. The highest BCUT2D eigenvalue weighted by Crippen LogP contribution is 2.20. The Morgan fingerprint density at radius 1 is 1.25 bits per heavy atom. The molecular weight excluding hydrogens is 152 g/mol. The van der Waals surface area contributed by atoms with Crippen molar-refractivity contribution >= 4 is 11.4 Å². The van der Waals surface area contributed by atoms with Crippen molar-refractivity contribution in [1.82, 2.24) is 0 Å². The van der Waals surface area contributed by atoms with Crippen molar-refractivity contribution < 1.29 is 5.11 Å². The summed E-state index contributed by atoms with van der Waals surface area (Å²) in [6.45, 7) is 2.04. The summed E-state index contributed by atoms with van der Waals surface area (Å²) in [6.07, 6.45) is 0. The van der Waals surface area contributed by atoms with Crippen LogP contribution < -0.4 is 11.5 Å². The van der Waals surface area contributed by atoms with Crippen LogP contribution >= 0.6 is 0 Å². The molecule has 3 nitrogen and oxygen atoms in total. The lowest BCUT2D eigenvalue weighted by Gasteiger charge is -2.09. The minimum absolute atomic E-state index is 0.0933. The highest BCUT2D eigenvalue weighted by atomic mass is 16.3. The molecule has 0 aromatic heterocycles. The lowest BCUT2D eigenvalue weighted by atomic mass is 10.0. The monoisotopic (exact) mass is 166 g/mol. The molecule has 0 spiro atoms. The van der Waals surface area contributed by atoms with Crippen LogP contribution in [-0.4, -0.2) is 11.7 Å². The first-order valence-electron chi connectivity index (χ1n) is 3.90. The Kier molecular flexibility index (Phi) is 2.55. The van der Waals surface area contributed by atoms with E-state index in [0.717, 1.165) is 5.56 Å². The van der Waals surface area contributed by atoms with Gasteiger partial charge in [0.25, 0.3) is 0 Å². The normalized spacial score (nSPS) is 12.8. The van der Waals surface area contributed by atoms with E-state index in [1.54, 1.807) is 6.07 Å². The smallest absolute Gasteiger partial charge is 0.0497 e. The van der Waals surface area contributed by atoms with Crippen molar-refractivity contribution in [3.8, 4) is 0 Å².